The van der Waals surface area contributed by atoms with Gasteiger partial charge in [0.05, 0.1) is 5.52 Å². The number of anilines is 1. The first-order chi connectivity index (χ1) is 12.3. The zero-order valence-electron chi connectivity index (χ0n) is 14.7. The quantitative estimate of drug-likeness (QED) is 0.843. The molecule has 25 heavy (non-hydrogen) atoms. The molecule has 2 aliphatic heterocycles. The van der Waals surface area contributed by atoms with Crippen molar-refractivity contribution < 1.29 is 4.79 Å². The van der Waals surface area contributed by atoms with E-state index in [0.717, 1.165) is 68.6 Å². The number of hydrogen-bond acceptors (Lipinski definition) is 4. The van der Waals surface area contributed by atoms with E-state index in [1.54, 1.807) is 6.33 Å². The van der Waals surface area contributed by atoms with E-state index in [0.29, 0.717) is 5.91 Å². The van der Waals surface area contributed by atoms with Gasteiger partial charge >= 0.3 is 0 Å². The minimum atomic E-state index is 0.183. The number of carbonyl (C=O) groups excluding carboxylic acids is 1. The molecule has 1 aromatic carbocycles. The highest BCUT2D eigenvalue weighted by atomic mass is 16.2. The van der Waals surface area contributed by atoms with Crippen LogP contribution in [0.2, 0.25) is 0 Å². The Labute approximate surface area is 149 Å². The van der Waals surface area contributed by atoms with Crippen molar-refractivity contribution in [1.82, 2.24) is 14.9 Å². The van der Waals surface area contributed by atoms with E-state index in [9.17, 15) is 4.79 Å². The van der Waals surface area contributed by atoms with Crippen LogP contribution in [0.25, 0.3) is 10.9 Å². The maximum absolute atomic E-state index is 12.8. The summed E-state index contributed by atoms with van der Waals surface area (Å²) in [6, 6.07) is 8.14. The van der Waals surface area contributed by atoms with E-state index in [1.807, 2.05) is 18.2 Å². The van der Waals surface area contributed by atoms with Crippen LogP contribution in [0.5, 0.6) is 0 Å². The van der Waals surface area contributed by atoms with Crippen LogP contribution in [0.4, 0.5) is 5.82 Å². The lowest BCUT2D eigenvalue weighted by Gasteiger charge is -2.35. The molecule has 5 nitrogen and oxygen atoms in total. The number of amides is 1. The smallest absolute Gasteiger partial charge is 0.225 e. The van der Waals surface area contributed by atoms with E-state index in [-0.39, 0.29) is 5.92 Å². The average molecular weight is 338 g/mol. The van der Waals surface area contributed by atoms with E-state index in [2.05, 4.69) is 25.8 Å². The van der Waals surface area contributed by atoms with Crippen molar-refractivity contribution in [2.45, 2.75) is 38.5 Å². The molecule has 3 heterocycles. The van der Waals surface area contributed by atoms with Gasteiger partial charge in [-0.1, -0.05) is 25.0 Å². The molecule has 0 saturated carbocycles. The lowest BCUT2D eigenvalue weighted by atomic mass is 9.95. The van der Waals surface area contributed by atoms with Gasteiger partial charge in [-0.25, -0.2) is 9.97 Å². The van der Waals surface area contributed by atoms with Crippen LogP contribution in [0.15, 0.2) is 30.6 Å². The average Bonchev–Trinajstić information content (AvgIpc) is 2.97. The van der Waals surface area contributed by atoms with Gasteiger partial charge in [-0.3, -0.25) is 4.79 Å². The van der Waals surface area contributed by atoms with Crippen LogP contribution in [0.3, 0.4) is 0 Å². The highest BCUT2D eigenvalue weighted by Gasteiger charge is 2.29. The predicted octanol–water partition coefficient (Wildman–Crippen LogP) is 3.25. The van der Waals surface area contributed by atoms with Gasteiger partial charge in [0.25, 0.3) is 0 Å². The number of aromatic nitrogens is 2. The third-order valence-corrected chi connectivity index (χ3v) is 5.58. The van der Waals surface area contributed by atoms with E-state index in [1.165, 1.54) is 12.8 Å². The molecule has 0 spiro atoms. The second-order valence-corrected chi connectivity index (χ2v) is 7.22. The summed E-state index contributed by atoms with van der Waals surface area (Å²) in [6.07, 6.45) is 8.36. The predicted molar refractivity (Wildman–Crippen MR) is 99.5 cm³/mol. The number of fused-ring (bicyclic) bond motifs is 1. The molecule has 0 unspecified atom stereocenters. The highest BCUT2D eigenvalue weighted by Crippen LogP contribution is 2.28. The molecule has 0 radical (unpaired) electrons. The van der Waals surface area contributed by atoms with Gasteiger partial charge in [0.1, 0.15) is 12.1 Å². The molecule has 1 aromatic heterocycles. The molecule has 1 amide bonds. The van der Waals surface area contributed by atoms with Gasteiger partial charge in [0.15, 0.2) is 0 Å². The second kappa shape index (κ2) is 7.38. The van der Waals surface area contributed by atoms with Gasteiger partial charge < -0.3 is 9.80 Å². The number of rotatable bonds is 2. The van der Waals surface area contributed by atoms with Crippen LogP contribution < -0.4 is 4.90 Å². The summed E-state index contributed by atoms with van der Waals surface area (Å²) in [5.41, 5.74) is 0.982. The van der Waals surface area contributed by atoms with Gasteiger partial charge in [-0.2, -0.15) is 0 Å². The monoisotopic (exact) mass is 338 g/mol. The minimum Gasteiger partial charge on any atom is -0.356 e. The van der Waals surface area contributed by atoms with E-state index < -0.39 is 0 Å². The number of nitrogens with zero attached hydrogens (tertiary/aromatic N) is 4. The standard InChI is InChI=1S/C20H26N4O/c25-20(24-11-5-1-2-6-12-24)16-9-13-23(14-10-16)19-17-7-3-4-8-18(17)21-15-22-19/h3-4,7-8,15-16H,1-2,5-6,9-14H2. The Kier molecular flexibility index (Phi) is 4.81. The van der Waals surface area contributed by atoms with E-state index in [4.69, 9.17) is 0 Å². The molecule has 2 fully saturated rings. The summed E-state index contributed by atoms with van der Waals surface area (Å²) >= 11 is 0. The Morgan fingerprint density at radius 2 is 1.64 bits per heavy atom. The Hall–Kier alpha value is -2.17. The number of piperidine rings is 1. The minimum absolute atomic E-state index is 0.183. The molecule has 5 heteroatoms. The Balaban J connectivity index is 1.43. The van der Waals surface area contributed by atoms with Crippen LogP contribution in [0, 0.1) is 5.92 Å². The lowest BCUT2D eigenvalue weighted by molar-refractivity contribution is -0.136. The molecular formula is C20H26N4O. The highest BCUT2D eigenvalue weighted by molar-refractivity contribution is 5.89. The summed E-state index contributed by atoms with van der Waals surface area (Å²) < 4.78 is 0. The van der Waals surface area contributed by atoms with Crippen molar-refractivity contribution in [3.05, 3.63) is 30.6 Å². The normalized spacial score (nSPS) is 19.8. The fraction of sp³-hybridized carbons (Fsp3) is 0.550. The van der Waals surface area contributed by atoms with Gasteiger partial charge in [-0.05, 0) is 37.8 Å². The molecule has 0 aliphatic carbocycles. The van der Waals surface area contributed by atoms with Crippen LogP contribution in [-0.4, -0.2) is 47.0 Å². The molecule has 132 valence electrons. The number of hydrogen-bond donors (Lipinski definition) is 0. The van der Waals surface area contributed by atoms with Gasteiger partial charge in [-0.15, -0.1) is 0 Å². The zero-order valence-corrected chi connectivity index (χ0v) is 14.7. The van der Waals surface area contributed by atoms with Gasteiger partial charge in [0.2, 0.25) is 5.91 Å². The summed E-state index contributed by atoms with van der Waals surface area (Å²) in [6.45, 7) is 3.70. The van der Waals surface area contributed by atoms with Gasteiger partial charge in [0, 0.05) is 37.5 Å². The second-order valence-electron chi connectivity index (χ2n) is 7.22. The van der Waals surface area contributed by atoms with Crippen LogP contribution in [0.1, 0.15) is 38.5 Å². The van der Waals surface area contributed by atoms with Crippen LogP contribution >= 0.6 is 0 Å². The maximum atomic E-state index is 12.8. The summed E-state index contributed by atoms with van der Waals surface area (Å²) in [5, 5.41) is 1.10. The van der Waals surface area contributed by atoms with Crippen molar-refractivity contribution >= 4 is 22.6 Å². The van der Waals surface area contributed by atoms with Crippen LogP contribution in [-0.2, 0) is 4.79 Å². The number of likely N-dealkylation sites (tertiary alicyclic amines) is 1. The zero-order chi connectivity index (χ0) is 17.1. The fourth-order valence-electron chi connectivity index (χ4n) is 4.13. The van der Waals surface area contributed by atoms with Crippen molar-refractivity contribution in [2.75, 3.05) is 31.1 Å². The summed E-state index contributed by atoms with van der Waals surface area (Å²) in [4.78, 5) is 26.2. The van der Waals surface area contributed by atoms with Crippen molar-refractivity contribution in [3.8, 4) is 0 Å². The third-order valence-electron chi connectivity index (χ3n) is 5.58. The molecule has 2 aliphatic rings. The molecule has 2 saturated heterocycles. The lowest BCUT2D eigenvalue weighted by Crippen LogP contribution is -2.43. The Bertz CT molecular complexity index is 726. The number of benzene rings is 1. The molecule has 0 bridgehead atoms. The van der Waals surface area contributed by atoms with Crippen molar-refractivity contribution in [2.24, 2.45) is 5.92 Å². The first-order valence-electron chi connectivity index (χ1n) is 9.56. The van der Waals surface area contributed by atoms with E-state index >= 15 is 0 Å². The maximum Gasteiger partial charge on any atom is 0.225 e. The Morgan fingerprint density at radius 1 is 0.920 bits per heavy atom. The van der Waals surface area contributed by atoms with Crippen molar-refractivity contribution in [1.29, 1.82) is 0 Å². The summed E-state index contributed by atoms with van der Waals surface area (Å²) in [5.74, 6) is 1.57. The molecular weight excluding hydrogens is 312 g/mol. The fourth-order valence-corrected chi connectivity index (χ4v) is 4.13. The third kappa shape index (κ3) is 3.46. The first kappa shape index (κ1) is 16.3. The Morgan fingerprint density at radius 3 is 2.40 bits per heavy atom. The SMILES string of the molecule is O=C(C1CCN(c2ncnc3ccccc23)CC1)N1CCCCCC1. The molecule has 0 N–H and O–H groups in total. The van der Waals surface area contributed by atoms with Crippen molar-refractivity contribution in [3.63, 3.8) is 0 Å². The largest absolute Gasteiger partial charge is 0.356 e. The number of carbonyl (C=O) groups is 1. The molecule has 2 aromatic rings. The topological polar surface area (TPSA) is 49.3 Å². The first-order valence-corrected chi connectivity index (χ1v) is 9.56. The number of para-hydroxylation sites is 1. The summed E-state index contributed by atoms with van der Waals surface area (Å²) in [7, 11) is 0. The molecule has 4 rings (SSSR count). The molecule has 0 atom stereocenters.